The molecule has 0 aliphatic heterocycles. The first-order valence-electron chi connectivity index (χ1n) is 8.98. The monoisotopic (exact) mass is 412 g/mol. The number of nitrogens with zero attached hydrogens (tertiary/aromatic N) is 2. The Balaban J connectivity index is 1.92. The minimum atomic E-state index is -0.433. The Morgan fingerprint density at radius 1 is 1.00 bits per heavy atom. The summed E-state index contributed by atoms with van der Waals surface area (Å²) in [5.74, 6) is 0.126. The minimum Gasteiger partial charge on any atom is -0.492 e. The number of rotatable bonds is 8. The van der Waals surface area contributed by atoms with Gasteiger partial charge in [-0.1, -0.05) is 6.07 Å². The van der Waals surface area contributed by atoms with Crippen molar-refractivity contribution in [3.05, 3.63) is 58.8 Å². The van der Waals surface area contributed by atoms with Crippen LogP contribution in [0.3, 0.4) is 0 Å². The van der Waals surface area contributed by atoms with Gasteiger partial charge in [0.05, 0.1) is 35.7 Å². The molecule has 0 saturated carbocycles. The van der Waals surface area contributed by atoms with Gasteiger partial charge in [0, 0.05) is 24.5 Å². The molecule has 2 aromatic heterocycles. The second-order valence-corrected chi connectivity index (χ2v) is 6.63. The van der Waals surface area contributed by atoms with Crippen molar-refractivity contribution in [1.82, 2.24) is 9.97 Å². The number of aromatic nitrogens is 2. The number of carbonyl (C=O) groups is 2. The quantitative estimate of drug-likeness (QED) is 0.583. The number of benzene rings is 1. The van der Waals surface area contributed by atoms with Gasteiger partial charge in [-0.3, -0.25) is 14.6 Å². The lowest BCUT2D eigenvalue weighted by Gasteiger charge is -2.17. The van der Waals surface area contributed by atoms with Gasteiger partial charge < -0.3 is 20.1 Å². The second kappa shape index (κ2) is 9.65. The van der Waals surface area contributed by atoms with E-state index in [-0.39, 0.29) is 11.6 Å². The fourth-order valence-electron chi connectivity index (χ4n) is 2.50. The Labute approximate surface area is 171 Å². The molecule has 0 radical (unpaired) electrons. The van der Waals surface area contributed by atoms with E-state index in [1.165, 1.54) is 29.9 Å². The lowest BCUT2D eigenvalue weighted by Crippen LogP contribution is -2.16. The van der Waals surface area contributed by atoms with E-state index in [1.807, 2.05) is 19.2 Å². The molecule has 2 amide bonds. The van der Waals surface area contributed by atoms with Gasteiger partial charge in [-0.25, -0.2) is 4.98 Å². The van der Waals surface area contributed by atoms with Gasteiger partial charge in [-0.15, -0.1) is 11.3 Å². The molecule has 8 nitrogen and oxygen atoms in total. The average Bonchev–Trinajstić information content (AvgIpc) is 3.27. The number of nitrogens with one attached hydrogen (secondary N) is 2. The summed E-state index contributed by atoms with van der Waals surface area (Å²) >= 11 is 1.34. The Morgan fingerprint density at radius 3 is 2.17 bits per heavy atom. The molecule has 0 fully saturated rings. The zero-order chi connectivity index (χ0) is 20.6. The number of anilines is 2. The third-order valence-corrected chi connectivity index (χ3v) is 4.59. The molecule has 150 valence electrons. The van der Waals surface area contributed by atoms with Gasteiger partial charge in [0.25, 0.3) is 11.8 Å². The summed E-state index contributed by atoms with van der Waals surface area (Å²) in [7, 11) is 0. The summed E-state index contributed by atoms with van der Waals surface area (Å²) < 4.78 is 11.3. The summed E-state index contributed by atoms with van der Waals surface area (Å²) in [6.45, 7) is 4.42. The van der Waals surface area contributed by atoms with Crippen molar-refractivity contribution in [3.63, 3.8) is 0 Å². The van der Waals surface area contributed by atoms with Crippen LogP contribution in [0.25, 0.3) is 0 Å². The van der Waals surface area contributed by atoms with E-state index in [9.17, 15) is 9.59 Å². The van der Waals surface area contributed by atoms with Crippen LogP contribution in [-0.4, -0.2) is 35.0 Å². The fourth-order valence-corrected chi connectivity index (χ4v) is 3.12. The van der Waals surface area contributed by atoms with Crippen molar-refractivity contribution in [1.29, 1.82) is 0 Å². The number of carbonyl (C=O) groups excluding carboxylic acids is 2. The molecule has 2 N–H and O–H groups in total. The molecule has 3 rings (SSSR count). The van der Waals surface area contributed by atoms with Crippen LogP contribution in [0, 0.1) is 0 Å². The number of ether oxygens (including phenoxy) is 2. The van der Waals surface area contributed by atoms with Gasteiger partial charge in [-0.2, -0.15) is 0 Å². The van der Waals surface area contributed by atoms with Crippen molar-refractivity contribution in [2.45, 2.75) is 13.8 Å². The summed E-state index contributed by atoms with van der Waals surface area (Å²) in [5, 5.41) is 7.43. The molecule has 3 aromatic rings. The predicted octanol–water partition coefficient (Wildman–Crippen LogP) is 3.84. The number of hydrogen-bond acceptors (Lipinski definition) is 7. The second-order valence-electron chi connectivity index (χ2n) is 5.69. The smallest absolute Gasteiger partial charge is 0.275 e. The number of hydrogen-bond donors (Lipinski definition) is 2. The lowest BCUT2D eigenvalue weighted by molar-refractivity contribution is 0.101. The third-order valence-electron chi connectivity index (χ3n) is 3.72. The van der Waals surface area contributed by atoms with Crippen molar-refractivity contribution >= 4 is 34.5 Å². The van der Waals surface area contributed by atoms with Crippen molar-refractivity contribution in [3.8, 4) is 11.5 Å². The minimum absolute atomic E-state index is 0.169. The molecule has 9 heteroatoms. The van der Waals surface area contributed by atoms with Crippen LogP contribution in [0.2, 0.25) is 0 Å². The van der Waals surface area contributed by atoms with Crippen LogP contribution in [0.5, 0.6) is 11.5 Å². The van der Waals surface area contributed by atoms with Crippen molar-refractivity contribution in [2.24, 2.45) is 0 Å². The highest BCUT2D eigenvalue weighted by atomic mass is 32.1. The van der Waals surface area contributed by atoms with Gasteiger partial charge in [0.2, 0.25) is 0 Å². The van der Waals surface area contributed by atoms with Crippen LogP contribution >= 0.6 is 11.3 Å². The summed E-state index contributed by atoms with van der Waals surface area (Å²) in [4.78, 5) is 33.4. The molecule has 0 unspecified atom stereocenters. The summed E-state index contributed by atoms with van der Waals surface area (Å²) in [6, 6.07) is 6.79. The van der Waals surface area contributed by atoms with E-state index in [0.717, 1.165) is 0 Å². The maximum atomic E-state index is 12.5. The molecular formula is C20H20N4O4S. The van der Waals surface area contributed by atoms with Crippen LogP contribution in [0.1, 0.15) is 34.0 Å². The molecule has 1 aromatic carbocycles. The lowest BCUT2D eigenvalue weighted by atomic mass is 10.2. The molecular weight excluding hydrogens is 392 g/mol. The average molecular weight is 412 g/mol. The molecule has 0 saturated heterocycles. The molecule has 0 spiro atoms. The molecule has 0 atom stereocenters. The van der Waals surface area contributed by atoms with E-state index in [2.05, 4.69) is 20.6 Å². The van der Waals surface area contributed by atoms with Gasteiger partial charge in [0.1, 0.15) is 17.2 Å². The Hall–Kier alpha value is -3.46. The zero-order valence-electron chi connectivity index (χ0n) is 16.0. The number of amides is 2. The Kier molecular flexibility index (Phi) is 6.75. The highest BCUT2D eigenvalue weighted by Crippen LogP contribution is 2.37. The summed E-state index contributed by atoms with van der Waals surface area (Å²) in [5.41, 5.74) is 1.02. The largest absolute Gasteiger partial charge is 0.492 e. The van der Waals surface area contributed by atoms with E-state index in [4.69, 9.17) is 9.47 Å². The maximum absolute atomic E-state index is 12.5. The Bertz CT molecular complexity index is 978. The normalized spacial score (nSPS) is 10.3. The Morgan fingerprint density at radius 2 is 1.66 bits per heavy atom. The van der Waals surface area contributed by atoms with Crippen LogP contribution in [-0.2, 0) is 0 Å². The van der Waals surface area contributed by atoms with E-state index in [1.54, 1.807) is 24.3 Å². The maximum Gasteiger partial charge on any atom is 0.275 e. The van der Waals surface area contributed by atoms with Crippen molar-refractivity contribution in [2.75, 3.05) is 23.8 Å². The fraction of sp³-hybridized carbons (Fsp3) is 0.200. The molecule has 0 aliphatic carbocycles. The van der Waals surface area contributed by atoms with Gasteiger partial charge in [-0.05, 0) is 25.3 Å². The first-order valence-corrected chi connectivity index (χ1v) is 9.86. The first-order chi connectivity index (χ1) is 14.1. The molecule has 0 bridgehead atoms. The molecule has 0 aliphatic rings. The van der Waals surface area contributed by atoms with Gasteiger partial charge in [0.15, 0.2) is 0 Å². The van der Waals surface area contributed by atoms with Crippen LogP contribution in [0.15, 0.2) is 48.2 Å². The van der Waals surface area contributed by atoms with E-state index < -0.39 is 5.91 Å². The van der Waals surface area contributed by atoms with Crippen molar-refractivity contribution < 1.29 is 19.1 Å². The highest BCUT2D eigenvalue weighted by Gasteiger charge is 2.18. The zero-order valence-corrected chi connectivity index (χ0v) is 16.8. The summed E-state index contributed by atoms with van der Waals surface area (Å²) in [6.07, 6.45) is 4.29. The molecule has 2 heterocycles. The van der Waals surface area contributed by atoms with Crippen LogP contribution < -0.4 is 20.1 Å². The van der Waals surface area contributed by atoms with Crippen LogP contribution in [0.4, 0.5) is 11.4 Å². The standard InChI is InChI=1S/C20H20N4O4S/c1-3-27-16-11-14(24-20(26)18-6-5-9-29-18)17(28-4-2)10-13(16)23-19(25)15-12-21-7-8-22-15/h5-12H,3-4H2,1-2H3,(H,23,25)(H,24,26). The molecule has 29 heavy (non-hydrogen) atoms. The SMILES string of the molecule is CCOc1cc(NC(=O)c2cccs2)c(OCC)cc1NC(=O)c1cnccn1. The predicted molar refractivity (Wildman–Crippen MR) is 111 cm³/mol. The van der Waals surface area contributed by atoms with E-state index in [0.29, 0.717) is 41.0 Å². The first kappa shape index (κ1) is 20.3. The van der Waals surface area contributed by atoms with E-state index >= 15 is 0 Å². The number of thiophene rings is 1. The van der Waals surface area contributed by atoms with Gasteiger partial charge >= 0.3 is 0 Å². The highest BCUT2D eigenvalue weighted by molar-refractivity contribution is 7.12. The topological polar surface area (TPSA) is 102 Å². The third kappa shape index (κ3) is 5.08.